The van der Waals surface area contributed by atoms with Crippen molar-refractivity contribution in [2.75, 3.05) is 14.1 Å². The fourth-order valence-corrected chi connectivity index (χ4v) is 2.60. The molecular weight excluding hydrogens is 409 g/mol. The number of rotatable bonds is 5. The maximum Gasteiger partial charge on any atom is 0.384 e. The Kier molecular flexibility index (Phi) is 7.48. The van der Waals surface area contributed by atoms with Gasteiger partial charge in [0.05, 0.1) is 10.0 Å². The van der Waals surface area contributed by atoms with Crippen molar-refractivity contribution in [3.8, 4) is 0 Å². The van der Waals surface area contributed by atoms with Crippen LogP contribution in [0.4, 0.5) is 5.13 Å². The van der Waals surface area contributed by atoms with E-state index in [2.05, 4.69) is 4.99 Å². The summed E-state index contributed by atoms with van der Waals surface area (Å²) in [4.78, 5) is 18.5. The zero-order valence-corrected chi connectivity index (χ0v) is 15.9. The van der Waals surface area contributed by atoms with Crippen LogP contribution in [-0.4, -0.2) is 31.1 Å². The van der Waals surface area contributed by atoms with Crippen LogP contribution in [0.2, 0.25) is 10.0 Å². The average Bonchev–Trinajstić information content (AvgIpc) is 2.86. The van der Waals surface area contributed by atoms with Gasteiger partial charge in [-0.25, -0.2) is 4.57 Å². The van der Waals surface area contributed by atoms with Crippen LogP contribution in [0, 0.1) is 0 Å². The molecule has 8 heteroatoms. The average molecular weight is 423 g/mol. The molecular formula is C14H14BrCl2N3OS. The Bertz CT molecular complexity index is 688. The number of carbonyl (C=O) groups excluding carboxylic acids is 1. The van der Waals surface area contributed by atoms with E-state index < -0.39 is 0 Å². The number of aromatic nitrogens is 1. The van der Waals surface area contributed by atoms with E-state index in [1.54, 1.807) is 29.1 Å². The van der Waals surface area contributed by atoms with E-state index in [-0.39, 0.29) is 29.3 Å². The zero-order valence-electron chi connectivity index (χ0n) is 12.0. The number of ketones is 1. The summed E-state index contributed by atoms with van der Waals surface area (Å²) in [6.45, 7) is 0.210. The van der Waals surface area contributed by atoms with Gasteiger partial charge in [0.25, 0.3) is 0 Å². The third-order valence-corrected chi connectivity index (χ3v) is 4.16. The number of carbonyl (C=O) groups is 1. The van der Waals surface area contributed by atoms with E-state index in [0.29, 0.717) is 15.6 Å². The van der Waals surface area contributed by atoms with E-state index >= 15 is 0 Å². The molecule has 1 heterocycles. The minimum absolute atomic E-state index is 0. The van der Waals surface area contributed by atoms with Crippen LogP contribution in [0.3, 0.4) is 0 Å². The Labute approximate surface area is 153 Å². The van der Waals surface area contributed by atoms with Crippen LogP contribution in [0.25, 0.3) is 0 Å². The highest BCUT2D eigenvalue weighted by atomic mass is 79.9. The number of nitrogens with zero attached hydrogens (tertiary/aromatic N) is 3. The van der Waals surface area contributed by atoms with Crippen LogP contribution in [0.15, 0.2) is 34.8 Å². The van der Waals surface area contributed by atoms with E-state index in [9.17, 15) is 4.79 Å². The van der Waals surface area contributed by atoms with Crippen molar-refractivity contribution in [2.45, 2.75) is 6.54 Å². The second kappa shape index (κ2) is 8.62. The molecule has 2 aromatic rings. The number of Topliss-reactive ketones (excluding diaryl/α,β-unsaturated/α-hetero) is 1. The molecule has 0 N–H and O–H groups in total. The van der Waals surface area contributed by atoms with Crippen molar-refractivity contribution in [1.29, 1.82) is 0 Å². The lowest BCUT2D eigenvalue weighted by molar-refractivity contribution is -0.665. The summed E-state index contributed by atoms with van der Waals surface area (Å²) in [5, 5.41) is 3.47. The van der Waals surface area contributed by atoms with Crippen molar-refractivity contribution in [1.82, 2.24) is 4.90 Å². The maximum absolute atomic E-state index is 12.3. The number of aliphatic imine (C=N–C) groups is 1. The van der Waals surface area contributed by atoms with E-state index in [0.717, 1.165) is 5.13 Å². The van der Waals surface area contributed by atoms with Crippen molar-refractivity contribution in [2.24, 2.45) is 4.99 Å². The highest BCUT2D eigenvalue weighted by Crippen LogP contribution is 2.23. The fourth-order valence-electron chi connectivity index (χ4n) is 1.60. The monoisotopic (exact) mass is 421 g/mol. The van der Waals surface area contributed by atoms with Gasteiger partial charge in [-0.3, -0.25) is 4.79 Å². The Morgan fingerprint density at radius 1 is 1.36 bits per heavy atom. The summed E-state index contributed by atoms with van der Waals surface area (Å²) >= 11 is 13.3. The molecule has 0 atom stereocenters. The third-order valence-electron chi connectivity index (χ3n) is 2.61. The van der Waals surface area contributed by atoms with Crippen LogP contribution >= 0.6 is 34.5 Å². The first kappa shape index (κ1) is 19.1. The normalized spacial score (nSPS) is 10.5. The van der Waals surface area contributed by atoms with Gasteiger partial charge in [-0.05, 0) is 23.2 Å². The summed E-state index contributed by atoms with van der Waals surface area (Å²) < 4.78 is 1.80. The summed E-state index contributed by atoms with van der Waals surface area (Å²) in [6, 6.07) is 4.88. The van der Waals surface area contributed by atoms with Gasteiger partial charge in [0, 0.05) is 25.0 Å². The van der Waals surface area contributed by atoms with Crippen molar-refractivity contribution in [3.63, 3.8) is 0 Å². The molecule has 0 radical (unpaired) electrons. The number of thiazole rings is 1. The van der Waals surface area contributed by atoms with Gasteiger partial charge < -0.3 is 21.9 Å². The molecule has 0 saturated carbocycles. The molecule has 22 heavy (non-hydrogen) atoms. The molecule has 0 unspecified atom stereocenters. The molecule has 4 nitrogen and oxygen atoms in total. The summed E-state index contributed by atoms with van der Waals surface area (Å²) in [7, 11) is 3.78. The molecule has 0 aliphatic rings. The smallest absolute Gasteiger partial charge is 0.384 e. The van der Waals surface area contributed by atoms with Gasteiger partial charge in [-0.15, -0.1) is 0 Å². The molecule has 0 aliphatic heterocycles. The predicted octanol–water partition coefficient (Wildman–Crippen LogP) is 0.451. The second-order valence-corrected chi connectivity index (χ2v) is 6.26. The number of hydrogen-bond donors (Lipinski definition) is 0. The van der Waals surface area contributed by atoms with Crippen molar-refractivity contribution in [3.05, 3.63) is 45.4 Å². The molecule has 0 spiro atoms. The lowest BCUT2D eigenvalue weighted by Crippen LogP contribution is -3.00. The second-order valence-electron chi connectivity index (χ2n) is 4.57. The largest absolute Gasteiger partial charge is 1.00 e. The molecule has 0 aliphatic carbocycles. The zero-order chi connectivity index (χ0) is 15.4. The minimum Gasteiger partial charge on any atom is -1.00 e. The molecule has 118 valence electrons. The third kappa shape index (κ3) is 5.05. The highest BCUT2D eigenvalue weighted by molar-refractivity contribution is 7.12. The number of benzene rings is 1. The summed E-state index contributed by atoms with van der Waals surface area (Å²) in [5.74, 6) is -0.0433. The molecule has 0 saturated heterocycles. The van der Waals surface area contributed by atoms with Crippen LogP contribution in [0.1, 0.15) is 10.4 Å². The van der Waals surface area contributed by atoms with Gasteiger partial charge in [-0.2, -0.15) is 0 Å². The van der Waals surface area contributed by atoms with E-state index in [1.807, 2.05) is 30.6 Å². The van der Waals surface area contributed by atoms with Gasteiger partial charge in [0.2, 0.25) is 12.1 Å². The molecule has 0 bridgehead atoms. The number of halogens is 3. The predicted molar refractivity (Wildman–Crippen MR) is 87.1 cm³/mol. The first-order valence-electron chi connectivity index (χ1n) is 6.13. The van der Waals surface area contributed by atoms with Gasteiger partial charge in [0.15, 0.2) is 6.54 Å². The van der Waals surface area contributed by atoms with Crippen LogP contribution in [0.5, 0.6) is 0 Å². The number of hydrogen-bond acceptors (Lipinski definition) is 3. The van der Waals surface area contributed by atoms with Crippen LogP contribution in [-0.2, 0) is 6.54 Å². The quantitative estimate of drug-likeness (QED) is 0.303. The Hall–Kier alpha value is -0.950. The van der Waals surface area contributed by atoms with Gasteiger partial charge in [0.1, 0.15) is 6.20 Å². The topological polar surface area (TPSA) is 36.5 Å². The lowest BCUT2D eigenvalue weighted by Gasteiger charge is -2.02. The van der Waals surface area contributed by atoms with Crippen LogP contribution < -0.4 is 21.5 Å². The molecule has 1 aromatic heterocycles. The molecule has 0 fully saturated rings. The summed E-state index contributed by atoms with van der Waals surface area (Å²) in [6.07, 6.45) is 3.54. The first-order valence-corrected chi connectivity index (χ1v) is 7.76. The Morgan fingerprint density at radius 2 is 2.09 bits per heavy atom. The van der Waals surface area contributed by atoms with Gasteiger partial charge in [-0.1, -0.05) is 34.5 Å². The molecule has 1 aromatic carbocycles. The molecule has 0 amide bonds. The van der Waals surface area contributed by atoms with Crippen molar-refractivity contribution < 1.29 is 26.3 Å². The van der Waals surface area contributed by atoms with E-state index in [4.69, 9.17) is 23.2 Å². The highest BCUT2D eigenvalue weighted by Gasteiger charge is 2.16. The maximum atomic E-state index is 12.3. The standard InChI is InChI=1S/C14H14Cl2N3OS.BrH/c1-18(2)9-17-14-19(5-6-21-14)8-13(20)10-3-4-11(15)12(16)7-10;/h3-7,9H,8H2,1-2H3;1H/q+1;/p-1. The fraction of sp³-hybridized carbons (Fsp3) is 0.214. The van der Waals surface area contributed by atoms with Crippen molar-refractivity contribution >= 4 is 51.8 Å². The van der Waals surface area contributed by atoms with Gasteiger partial charge >= 0.3 is 5.13 Å². The Morgan fingerprint density at radius 3 is 2.73 bits per heavy atom. The van der Waals surface area contributed by atoms with E-state index in [1.165, 1.54) is 11.3 Å². The molecule has 2 rings (SSSR count). The lowest BCUT2D eigenvalue weighted by atomic mass is 10.1. The Balaban J connectivity index is 0.00000242. The SMILES string of the molecule is CN(C)C=Nc1scc[n+]1CC(=O)c1ccc(Cl)c(Cl)c1.[Br-]. The minimum atomic E-state index is -0.0433. The first-order chi connectivity index (χ1) is 9.97. The summed E-state index contributed by atoms with van der Waals surface area (Å²) in [5.41, 5.74) is 0.533.